The number of alkyl halides is 1. The molecule has 3 rings (SSSR count). The first kappa shape index (κ1) is 28.0. The number of aliphatic hydroxyl groups excluding tert-OH is 2. The minimum atomic E-state index is -2.06. The fourth-order valence-corrected chi connectivity index (χ4v) is 7.21. The number of fused-ring (bicyclic) bond motifs is 1. The van der Waals surface area contributed by atoms with E-state index in [9.17, 15) is 24.9 Å². The van der Waals surface area contributed by atoms with E-state index >= 15 is 4.39 Å². The zero-order valence-electron chi connectivity index (χ0n) is 21.8. The van der Waals surface area contributed by atoms with Crippen LogP contribution in [0.3, 0.4) is 0 Å². The van der Waals surface area contributed by atoms with Crippen molar-refractivity contribution in [2.75, 3.05) is 26.2 Å². The van der Waals surface area contributed by atoms with Crippen molar-refractivity contribution >= 4 is 11.8 Å². The number of esters is 1. The van der Waals surface area contributed by atoms with Gasteiger partial charge in [0, 0.05) is 10.8 Å². The Morgan fingerprint density at radius 2 is 1.69 bits per heavy atom. The zero-order chi connectivity index (χ0) is 26.4. The molecule has 0 saturated heterocycles. The lowest BCUT2D eigenvalue weighted by atomic mass is 9.49. The van der Waals surface area contributed by atoms with E-state index in [1.54, 1.807) is 39.8 Å². The monoisotopic (exact) mass is 495 g/mol. The molecule has 2 saturated carbocycles. The Hall–Kier alpha value is -1.61. The standard InChI is InChI=1S/C27H42FNO6/c1-7-29(8-2)15-23(33)35-16-22(32)27(34)17(3)13-20-18(4)26(28,21(31)14-25(20,27)6)24(5)11-9-19(30)10-12-24/h9-12,17-21,30-31,34H,7-8,13-16H2,1-6H3. The third-order valence-electron chi connectivity index (χ3n) is 9.52. The zero-order valence-corrected chi connectivity index (χ0v) is 21.8. The number of likely N-dealkylation sites (N-methyl/N-ethyl adjacent to an activating group) is 1. The van der Waals surface area contributed by atoms with Crippen LogP contribution in [-0.2, 0) is 14.3 Å². The van der Waals surface area contributed by atoms with E-state index in [-0.39, 0.29) is 13.0 Å². The number of ketones is 1. The molecule has 7 unspecified atom stereocenters. The van der Waals surface area contributed by atoms with E-state index in [4.69, 9.17) is 4.74 Å². The van der Waals surface area contributed by atoms with E-state index in [0.717, 1.165) is 0 Å². The molecule has 0 aromatic rings. The molecule has 3 N–H and O–H groups in total. The first-order valence-electron chi connectivity index (χ1n) is 12.8. The van der Waals surface area contributed by atoms with Crippen LogP contribution in [0.5, 0.6) is 0 Å². The van der Waals surface area contributed by atoms with Crippen molar-refractivity contribution in [3.05, 3.63) is 24.3 Å². The average Bonchev–Trinajstić information content (AvgIpc) is 3.02. The number of hydrogen-bond donors (Lipinski definition) is 3. The molecule has 0 aliphatic heterocycles. The average molecular weight is 496 g/mol. The Labute approximate surface area is 208 Å². The summed E-state index contributed by atoms with van der Waals surface area (Å²) in [7, 11) is 0. The second kappa shape index (κ2) is 9.69. The number of carbonyl (C=O) groups excluding carboxylic acids is 2. The van der Waals surface area contributed by atoms with Gasteiger partial charge >= 0.3 is 5.97 Å². The molecule has 0 spiro atoms. The highest BCUT2D eigenvalue weighted by Gasteiger charge is 2.73. The first-order valence-corrected chi connectivity index (χ1v) is 12.8. The summed E-state index contributed by atoms with van der Waals surface area (Å²) in [4.78, 5) is 27.5. The maximum Gasteiger partial charge on any atom is 0.320 e. The van der Waals surface area contributed by atoms with Gasteiger partial charge in [-0.2, -0.15) is 0 Å². The molecular formula is C27H42FNO6. The molecule has 0 heterocycles. The molecule has 198 valence electrons. The smallest absolute Gasteiger partial charge is 0.320 e. The van der Waals surface area contributed by atoms with Crippen LogP contribution in [0.4, 0.5) is 4.39 Å². The summed E-state index contributed by atoms with van der Waals surface area (Å²) in [6.45, 7) is 11.6. The fraction of sp³-hybridized carbons (Fsp3) is 0.778. The summed E-state index contributed by atoms with van der Waals surface area (Å²) in [5.41, 5.74) is -6.17. The molecule has 0 aromatic carbocycles. The SMILES string of the molecule is CCN(CC)CC(=O)OCC(=O)C1(O)C(C)CC2C(C)C(F)(C3(C)C=CC(O)C=C3)C(O)CC21C. The van der Waals surface area contributed by atoms with Gasteiger partial charge in [-0.25, -0.2) is 4.39 Å². The number of Topliss-reactive ketones (excluding diaryl/α,β-unsaturated/α-hetero) is 1. The second-order valence-corrected chi connectivity index (χ2v) is 11.2. The molecule has 0 radical (unpaired) electrons. The van der Waals surface area contributed by atoms with Gasteiger partial charge < -0.3 is 20.1 Å². The van der Waals surface area contributed by atoms with Crippen LogP contribution in [0.2, 0.25) is 0 Å². The predicted octanol–water partition coefficient (Wildman–Crippen LogP) is 2.44. The van der Waals surface area contributed by atoms with Crippen LogP contribution in [0.25, 0.3) is 0 Å². The van der Waals surface area contributed by atoms with Crippen LogP contribution in [0.15, 0.2) is 24.3 Å². The van der Waals surface area contributed by atoms with Gasteiger partial charge in [-0.3, -0.25) is 14.5 Å². The molecule has 8 heteroatoms. The van der Waals surface area contributed by atoms with Gasteiger partial charge in [0.05, 0.1) is 18.8 Å². The van der Waals surface area contributed by atoms with Crippen LogP contribution in [0, 0.1) is 28.6 Å². The van der Waals surface area contributed by atoms with Crippen molar-refractivity contribution in [3.63, 3.8) is 0 Å². The van der Waals surface area contributed by atoms with Gasteiger partial charge in [-0.05, 0) is 50.6 Å². The molecular weight excluding hydrogens is 453 g/mol. The molecule has 0 bridgehead atoms. The van der Waals surface area contributed by atoms with Crippen LogP contribution in [0.1, 0.15) is 54.4 Å². The predicted molar refractivity (Wildman–Crippen MR) is 130 cm³/mol. The molecule has 3 aliphatic rings. The number of halogens is 1. The van der Waals surface area contributed by atoms with Crippen LogP contribution in [-0.4, -0.2) is 81.7 Å². The van der Waals surface area contributed by atoms with Crippen LogP contribution >= 0.6 is 0 Å². The molecule has 0 aromatic heterocycles. The Kier molecular flexibility index (Phi) is 7.74. The highest BCUT2D eigenvalue weighted by molar-refractivity contribution is 5.91. The fourth-order valence-electron chi connectivity index (χ4n) is 7.21. The largest absolute Gasteiger partial charge is 0.457 e. The Bertz CT molecular complexity index is 873. The minimum Gasteiger partial charge on any atom is -0.457 e. The summed E-state index contributed by atoms with van der Waals surface area (Å²) in [6.07, 6.45) is 4.26. The highest BCUT2D eigenvalue weighted by Crippen LogP contribution is 2.67. The summed E-state index contributed by atoms with van der Waals surface area (Å²) in [6, 6.07) is 0. The number of allylic oxidation sites excluding steroid dienone is 2. The third-order valence-corrected chi connectivity index (χ3v) is 9.52. The van der Waals surface area contributed by atoms with E-state index in [1.807, 2.05) is 18.7 Å². The lowest BCUT2D eigenvalue weighted by molar-refractivity contribution is -0.208. The maximum atomic E-state index is 16.9. The van der Waals surface area contributed by atoms with E-state index in [2.05, 4.69) is 0 Å². The summed E-state index contributed by atoms with van der Waals surface area (Å²) in [5.74, 6) is -2.74. The lowest BCUT2D eigenvalue weighted by Crippen LogP contribution is -2.67. The van der Waals surface area contributed by atoms with E-state index in [0.29, 0.717) is 19.5 Å². The van der Waals surface area contributed by atoms with Gasteiger partial charge in [0.1, 0.15) is 5.60 Å². The lowest BCUT2D eigenvalue weighted by Gasteiger charge is -2.58. The quantitative estimate of drug-likeness (QED) is 0.351. The maximum absolute atomic E-state index is 16.9. The first-order chi connectivity index (χ1) is 16.2. The van der Waals surface area contributed by atoms with Gasteiger partial charge in [-0.15, -0.1) is 0 Å². The normalized spacial score (nSPS) is 44.9. The highest BCUT2D eigenvalue weighted by atomic mass is 19.1. The van der Waals surface area contributed by atoms with Crippen molar-refractivity contribution in [1.29, 1.82) is 0 Å². The molecule has 7 nitrogen and oxygen atoms in total. The van der Waals surface area contributed by atoms with Gasteiger partial charge in [0.2, 0.25) is 5.78 Å². The van der Waals surface area contributed by atoms with Gasteiger partial charge in [0.15, 0.2) is 12.3 Å². The Morgan fingerprint density at radius 1 is 1.11 bits per heavy atom. The number of nitrogens with zero attached hydrogens (tertiary/aromatic N) is 1. The number of ether oxygens (including phenoxy) is 1. The molecule has 2 fully saturated rings. The van der Waals surface area contributed by atoms with Crippen molar-refractivity contribution in [2.24, 2.45) is 28.6 Å². The number of rotatable bonds is 8. The summed E-state index contributed by atoms with van der Waals surface area (Å²) in [5, 5.41) is 32.9. The summed E-state index contributed by atoms with van der Waals surface area (Å²) >= 11 is 0. The molecule has 7 atom stereocenters. The van der Waals surface area contributed by atoms with E-state index < -0.39 is 70.4 Å². The molecule has 0 amide bonds. The molecule has 3 aliphatic carbocycles. The summed E-state index contributed by atoms with van der Waals surface area (Å²) < 4.78 is 22.1. The van der Waals surface area contributed by atoms with Crippen molar-refractivity contribution in [1.82, 2.24) is 4.90 Å². The number of hydrogen-bond acceptors (Lipinski definition) is 7. The number of carbonyl (C=O) groups is 2. The topological polar surface area (TPSA) is 107 Å². The van der Waals surface area contributed by atoms with Gasteiger partial charge in [-0.1, -0.05) is 58.9 Å². The number of aliphatic hydroxyl groups is 3. The molecule has 35 heavy (non-hydrogen) atoms. The van der Waals surface area contributed by atoms with Crippen LogP contribution < -0.4 is 0 Å². The Balaban J connectivity index is 1.85. The third kappa shape index (κ3) is 4.20. The van der Waals surface area contributed by atoms with Crippen molar-refractivity contribution in [3.8, 4) is 0 Å². The minimum absolute atomic E-state index is 0.0581. The Morgan fingerprint density at radius 3 is 2.23 bits per heavy atom. The van der Waals surface area contributed by atoms with Gasteiger partial charge in [0.25, 0.3) is 0 Å². The van der Waals surface area contributed by atoms with Crippen molar-refractivity contribution < 1.29 is 34.0 Å². The second-order valence-electron chi connectivity index (χ2n) is 11.2. The van der Waals surface area contributed by atoms with Crippen molar-refractivity contribution in [2.45, 2.75) is 77.9 Å². The van der Waals surface area contributed by atoms with E-state index in [1.165, 1.54) is 12.2 Å².